The van der Waals surface area contributed by atoms with E-state index in [2.05, 4.69) is 4.72 Å². The minimum atomic E-state index is -3.80. The lowest BCUT2D eigenvalue weighted by Crippen LogP contribution is -2.27. The summed E-state index contributed by atoms with van der Waals surface area (Å²) >= 11 is 5.98. The lowest BCUT2D eigenvalue weighted by molar-refractivity contribution is 0.414. The van der Waals surface area contributed by atoms with Gasteiger partial charge in [0, 0.05) is 12.3 Å². The summed E-state index contributed by atoms with van der Waals surface area (Å²) in [5, 5.41) is 0.190. The first-order valence-electron chi connectivity index (χ1n) is 7.20. The van der Waals surface area contributed by atoms with Crippen molar-refractivity contribution in [2.24, 2.45) is 0 Å². The molecule has 136 valence electrons. The highest BCUT2D eigenvalue weighted by atomic mass is 35.5. The van der Waals surface area contributed by atoms with Crippen LogP contribution in [-0.4, -0.2) is 30.2 Å². The molecule has 25 heavy (non-hydrogen) atoms. The van der Waals surface area contributed by atoms with Crippen LogP contribution in [0.5, 0.6) is 5.75 Å². The molecule has 0 bridgehead atoms. The third-order valence-corrected chi connectivity index (χ3v) is 6.54. The van der Waals surface area contributed by atoms with Crippen LogP contribution in [0, 0.1) is 0 Å². The molecule has 0 spiro atoms. The molecule has 0 heterocycles. The molecule has 0 aliphatic carbocycles. The van der Waals surface area contributed by atoms with Crippen molar-refractivity contribution >= 4 is 31.5 Å². The van der Waals surface area contributed by atoms with Gasteiger partial charge in [-0.25, -0.2) is 21.6 Å². The fraction of sp³-hybridized carbons (Fsp3) is 0.250. The molecule has 1 N–H and O–H groups in total. The van der Waals surface area contributed by atoms with Gasteiger partial charge in [0.25, 0.3) is 0 Å². The number of methoxy groups -OCH3 is 1. The summed E-state index contributed by atoms with van der Waals surface area (Å²) in [6.45, 7) is 1.66. The molecular weight excluding hydrogens is 386 g/mol. The maximum Gasteiger partial charge on any atom is 0.241 e. The summed E-state index contributed by atoms with van der Waals surface area (Å²) in [5.74, 6) is 0.380. The second-order valence-electron chi connectivity index (χ2n) is 5.48. The SMILES string of the molecule is COc1ccc(S(=O)(=O)N[C@H](C)c2ccc(S(C)(=O)=O)cc2)cc1Cl. The van der Waals surface area contributed by atoms with Crippen molar-refractivity contribution in [1.29, 1.82) is 0 Å². The van der Waals surface area contributed by atoms with Gasteiger partial charge >= 0.3 is 0 Å². The van der Waals surface area contributed by atoms with Gasteiger partial charge in [0.15, 0.2) is 9.84 Å². The fourth-order valence-corrected chi connectivity index (χ4v) is 4.40. The van der Waals surface area contributed by atoms with E-state index in [-0.39, 0.29) is 14.8 Å². The summed E-state index contributed by atoms with van der Waals surface area (Å²) < 4.78 is 55.5. The summed E-state index contributed by atoms with van der Waals surface area (Å²) in [6, 6.07) is 9.66. The van der Waals surface area contributed by atoms with Gasteiger partial charge in [-0.1, -0.05) is 23.7 Å². The molecule has 2 rings (SSSR count). The van der Waals surface area contributed by atoms with Crippen molar-refractivity contribution in [2.75, 3.05) is 13.4 Å². The predicted octanol–water partition coefficient (Wildman–Crippen LogP) is 2.79. The zero-order valence-electron chi connectivity index (χ0n) is 13.9. The maximum atomic E-state index is 12.5. The number of sulfonamides is 1. The normalized spacial score (nSPS) is 13.4. The fourth-order valence-electron chi connectivity index (χ4n) is 2.19. The van der Waals surface area contributed by atoms with Crippen LogP contribution >= 0.6 is 11.6 Å². The van der Waals surface area contributed by atoms with Crippen molar-refractivity contribution in [3.05, 3.63) is 53.1 Å². The average Bonchev–Trinajstić information content (AvgIpc) is 2.53. The van der Waals surface area contributed by atoms with Crippen LogP contribution in [0.2, 0.25) is 5.02 Å². The Morgan fingerprint density at radius 2 is 1.56 bits per heavy atom. The van der Waals surface area contributed by atoms with Crippen molar-refractivity contribution in [2.45, 2.75) is 22.8 Å². The minimum absolute atomic E-state index is 0.0120. The highest BCUT2D eigenvalue weighted by Gasteiger charge is 2.20. The molecule has 9 heteroatoms. The monoisotopic (exact) mass is 403 g/mol. The first-order chi connectivity index (χ1) is 11.5. The van der Waals surface area contributed by atoms with Crippen LogP contribution in [0.1, 0.15) is 18.5 Å². The van der Waals surface area contributed by atoms with Gasteiger partial charge < -0.3 is 4.74 Å². The predicted molar refractivity (Wildman–Crippen MR) is 96.3 cm³/mol. The molecule has 0 aromatic heterocycles. The van der Waals surface area contributed by atoms with Gasteiger partial charge in [0.2, 0.25) is 10.0 Å². The zero-order valence-corrected chi connectivity index (χ0v) is 16.2. The molecule has 0 aliphatic heterocycles. The van der Waals surface area contributed by atoms with Gasteiger partial charge in [-0.15, -0.1) is 0 Å². The highest BCUT2D eigenvalue weighted by molar-refractivity contribution is 7.90. The lowest BCUT2D eigenvalue weighted by atomic mass is 10.1. The molecule has 2 aromatic carbocycles. The van der Waals surface area contributed by atoms with Gasteiger partial charge in [0.05, 0.1) is 21.9 Å². The standard InChI is InChI=1S/C16H18ClNO5S2/c1-11(12-4-6-13(7-5-12)24(3,19)20)18-25(21,22)14-8-9-16(23-2)15(17)10-14/h4-11,18H,1-3H3/t11-/m1/s1. The summed E-state index contributed by atoms with van der Waals surface area (Å²) in [4.78, 5) is 0.186. The van der Waals surface area contributed by atoms with E-state index in [1.54, 1.807) is 19.1 Å². The van der Waals surface area contributed by atoms with Crippen LogP contribution in [-0.2, 0) is 19.9 Å². The Morgan fingerprint density at radius 1 is 1.00 bits per heavy atom. The summed E-state index contributed by atoms with van der Waals surface area (Å²) in [6.07, 6.45) is 1.11. The largest absolute Gasteiger partial charge is 0.495 e. The average molecular weight is 404 g/mol. The molecule has 2 aromatic rings. The number of hydrogen-bond donors (Lipinski definition) is 1. The van der Waals surface area contributed by atoms with E-state index in [1.165, 1.54) is 37.4 Å². The Hall–Kier alpha value is -1.61. The van der Waals surface area contributed by atoms with Gasteiger partial charge in [-0.2, -0.15) is 0 Å². The van der Waals surface area contributed by atoms with Crippen molar-refractivity contribution in [1.82, 2.24) is 4.72 Å². The van der Waals surface area contributed by atoms with Gasteiger partial charge in [-0.3, -0.25) is 0 Å². The number of sulfone groups is 1. The third kappa shape index (κ3) is 4.72. The molecule has 1 atom stereocenters. The Bertz CT molecular complexity index is 970. The summed E-state index contributed by atoms with van der Waals surface area (Å²) in [5.41, 5.74) is 0.635. The number of hydrogen-bond acceptors (Lipinski definition) is 5. The first kappa shape index (κ1) is 19.7. The number of ether oxygens (including phenoxy) is 1. The van der Waals surface area contributed by atoms with Gasteiger partial charge in [0.1, 0.15) is 5.75 Å². The minimum Gasteiger partial charge on any atom is -0.495 e. The van der Waals surface area contributed by atoms with E-state index in [0.717, 1.165) is 6.26 Å². The van der Waals surface area contributed by atoms with E-state index in [4.69, 9.17) is 16.3 Å². The van der Waals surface area contributed by atoms with E-state index in [0.29, 0.717) is 11.3 Å². The first-order valence-corrected chi connectivity index (χ1v) is 11.0. The molecule has 0 saturated heterocycles. The zero-order chi connectivity index (χ0) is 18.8. The molecule has 0 amide bonds. The Labute approximate surface area is 152 Å². The highest BCUT2D eigenvalue weighted by Crippen LogP contribution is 2.27. The number of halogens is 1. The Kier molecular flexibility index (Phi) is 5.78. The quantitative estimate of drug-likeness (QED) is 0.800. The van der Waals surface area contributed by atoms with Crippen molar-refractivity contribution in [3.8, 4) is 5.75 Å². The van der Waals surface area contributed by atoms with E-state index in [9.17, 15) is 16.8 Å². The Balaban J connectivity index is 2.24. The number of rotatable bonds is 6. The van der Waals surface area contributed by atoms with E-state index < -0.39 is 25.9 Å². The number of nitrogens with one attached hydrogen (secondary N) is 1. The molecule has 0 radical (unpaired) electrons. The number of benzene rings is 2. The van der Waals surface area contributed by atoms with E-state index >= 15 is 0 Å². The molecule has 6 nitrogen and oxygen atoms in total. The second-order valence-corrected chi connectivity index (χ2v) is 9.62. The van der Waals surface area contributed by atoms with Crippen molar-refractivity contribution in [3.63, 3.8) is 0 Å². The molecule has 0 fully saturated rings. The molecule has 0 aliphatic rings. The third-order valence-electron chi connectivity index (χ3n) is 3.57. The van der Waals surface area contributed by atoms with Crippen LogP contribution in [0.4, 0.5) is 0 Å². The molecular formula is C16H18ClNO5S2. The van der Waals surface area contributed by atoms with Crippen LogP contribution in [0.25, 0.3) is 0 Å². The topological polar surface area (TPSA) is 89.5 Å². The van der Waals surface area contributed by atoms with Gasteiger partial charge in [-0.05, 0) is 42.8 Å². The summed E-state index contributed by atoms with van der Waals surface area (Å²) in [7, 11) is -5.66. The Morgan fingerprint density at radius 3 is 2.04 bits per heavy atom. The van der Waals surface area contributed by atoms with Crippen molar-refractivity contribution < 1.29 is 21.6 Å². The lowest BCUT2D eigenvalue weighted by Gasteiger charge is -2.15. The van der Waals surface area contributed by atoms with Crippen LogP contribution in [0.15, 0.2) is 52.3 Å². The second kappa shape index (κ2) is 7.33. The smallest absolute Gasteiger partial charge is 0.241 e. The molecule has 0 unspecified atom stereocenters. The van der Waals surface area contributed by atoms with E-state index in [1.807, 2.05) is 0 Å². The maximum absolute atomic E-state index is 12.5. The van der Waals surface area contributed by atoms with Crippen LogP contribution < -0.4 is 9.46 Å². The molecule has 0 saturated carbocycles. The van der Waals surface area contributed by atoms with Crippen LogP contribution in [0.3, 0.4) is 0 Å².